The number of nitrogens with one attached hydrogen (secondary N) is 2. The Bertz CT molecular complexity index is 1090. The zero-order valence-corrected chi connectivity index (χ0v) is 19.6. The average molecular weight is 463 g/mol. The molecule has 1 aromatic carbocycles. The minimum Gasteiger partial charge on any atom is -0.383 e. The van der Waals surface area contributed by atoms with Crippen molar-refractivity contribution >= 4 is 29.3 Å². The van der Waals surface area contributed by atoms with Gasteiger partial charge < -0.3 is 20.3 Å². The highest BCUT2D eigenvalue weighted by Gasteiger charge is 2.20. The number of amides is 1. The number of anilines is 4. The molecule has 1 fully saturated rings. The summed E-state index contributed by atoms with van der Waals surface area (Å²) in [6.07, 6.45) is 2.27. The summed E-state index contributed by atoms with van der Waals surface area (Å²) in [5.41, 5.74) is 1.22. The number of rotatable bonds is 9. The molecule has 1 aliphatic rings. The van der Waals surface area contributed by atoms with Gasteiger partial charge in [-0.2, -0.15) is 15.0 Å². The number of carbonyl (C=O) groups excluding carboxylic acids is 1. The van der Waals surface area contributed by atoms with E-state index in [9.17, 15) is 4.79 Å². The summed E-state index contributed by atoms with van der Waals surface area (Å²) in [7, 11) is 1.72. The van der Waals surface area contributed by atoms with Crippen molar-refractivity contribution in [3.63, 3.8) is 0 Å². The number of methoxy groups -OCH3 is 1. The lowest BCUT2D eigenvalue weighted by molar-refractivity contribution is 0.102. The average Bonchev–Trinajstić information content (AvgIpc) is 2.88. The van der Waals surface area contributed by atoms with Crippen molar-refractivity contribution in [2.45, 2.75) is 13.3 Å². The van der Waals surface area contributed by atoms with Crippen LogP contribution in [0, 0.1) is 0 Å². The molecule has 0 aliphatic carbocycles. The number of hydrogen-bond acceptors (Lipinski definition) is 9. The Morgan fingerprint density at radius 1 is 1.06 bits per heavy atom. The second-order valence-corrected chi connectivity index (χ2v) is 7.93. The maximum atomic E-state index is 12.6. The fourth-order valence-corrected chi connectivity index (χ4v) is 3.63. The fourth-order valence-electron chi connectivity index (χ4n) is 3.63. The quantitative estimate of drug-likeness (QED) is 0.496. The van der Waals surface area contributed by atoms with Crippen LogP contribution in [-0.2, 0) is 11.2 Å². The highest BCUT2D eigenvalue weighted by Crippen LogP contribution is 2.18. The highest BCUT2D eigenvalue weighted by molar-refractivity contribution is 6.04. The van der Waals surface area contributed by atoms with Crippen LogP contribution in [0.15, 0.2) is 48.7 Å². The molecule has 0 saturated carbocycles. The zero-order valence-electron chi connectivity index (χ0n) is 19.6. The second kappa shape index (κ2) is 11.5. The van der Waals surface area contributed by atoms with Crippen LogP contribution in [0.2, 0.25) is 0 Å². The van der Waals surface area contributed by atoms with Crippen molar-refractivity contribution in [2.24, 2.45) is 0 Å². The molecular formula is C24H30N8O2. The summed E-state index contributed by atoms with van der Waals surface area (Å²) in [4.78, 5) is 35.3. The van der Waals surface area contributed by atoms with Gasteiger partial charge in [0.25, 0.3) is 5.91 Å². The summed E-state index contributed by atoms with van der Waals surface area (Å²) in [5, 5.41) is 6.03. The minimum absolute atomic E-state index is 0.214. The fraction of sp³-hybridized carbons (Fsp3) is 0.375. The third-order valence-corrected chi connectivity index (χ3v) is 5.55. The number of pyridine rings is 1. The molecule has 0 unspecified atom stereocenters. The molecule has 178 valence electrons. The number of para-hydroxylation sites is 1. The number of ether oxygens (including phenoxy) is 1. The van der Waals surface area contributed by atoms with E-state index in [1.54, 1.807) is 25.4 Å². The van der Waals surface area contributed by atoms with Crippen LogP contribution in [-0.4, -0.2) is 77.2 Å². The molecule has 3 aromatic rings. The molecule has 0 radical (unpaired) electrons. The van der Waals surface area contributed by atoms with Gasteiger partial charge in [-0.15, -0.1) is 0 Å². The van der Waals surface area contributed by atoms with Crippen LogP contribution >= 0.6 is 0 Å². The van der Waals surface area contributed by atoms with Gasteiger partial charge in [0.05, 0.1) is 6.61 Å². The Labute approximate surface area is 199 Å². The lowest BCUT2D eigenvalue weighted by Crippen LogP contribution is -2.48. The minimum atomic E-state index is -0.214. The molecule has 10 nitrogen and oxygen atoms in total. The number of aryl methyl sites for hydroxylation is 1. The zero-order chi connectivity index (χ0) is 23.8. The van der Waals surface area contributed by atoms with Gasteiger partial charge in [-0.3, -0.25) is 9.69 Å². The molecule has 3 heterocycles. The van der Waals surface area contributed by atoms with E-state index in [0.29, 0.717) is 35.5 Å². The van der Waals surface area contributed by atoms with Crippen molar-refractivity contribution in [1.82, 2.24) is 24.8 Å². The number of carbonyl (C=O) groups is 1. The predicted octanol–water partition coefficient (Wildman–Crippen LogP) is 2.59. The van der Waals surface area contributed by atoms with E-state index in [2.05, 4.69) is 40.4 Å². The molecule has 0 atom stereocenters. The van der Waals surface area contributed by atoms with Crippen LogP contribution in [0.5, 0.6) is 0 Å². The summed E-state index contributed by atoms with van der Waals surface area (Å²) >= 11 is 0. The van der Waals surface area contributed by atoms with E-state index in [0.717, 1.165) is 45.0 Å². The van der Waals surface area contributed by atoms with Gasteiger partial charge in [0.15, 0.2) is 0 Å². The van der Waals surface area contributed by atoms with E-state index < -0.39 is 0 Å². The highest BCUT2D eigenvalue weighted by atomic mass is 16.5. The van der Waals surface area contributed by atoms with Crippen molar-refractivity contribution in [3.8, 4) is 0 Å². The molecule has 2 N–H and O–H groups in total. The Balaban J connectivity index is 1.45. The lowest BCUT2D eigenvalue weighted by atomic mass is 10.2. The number of aromatic nitrogens is 4. The van der Waals surface area contributed by atoms with Gasteiger partial charge in [-0.25, -0.2) is 4.98 Å². The van der Waals surface area contributed by atoms with Gasteiger partial charge in [-0.05, 0) is 24.3 Å². The van der Waals surface area contributed by atoms with Gasteiger partial charge in [-0.1, -0.05) is 25.1 Å². The van der Waals surface area contributed by atoms with Crippen LogP contribution < -0.4 is 15.5 Å². The van der Waals surface area contributed by atoms with E-state index in [4.69, 9.17) is 4.74 Å². The molecule has 34 heavy (non-hydrogen) atoms. The normalized spacial score (nSPS) is 14.1. The number of nitrogens with zero attached hydrogens (tertiary/aromatic N) is 6. The number of hydrogen-bond donors (Lipinski definition) is 2. The maximum absolute atomic E-state index is 12.6. The van der Waals surface area contributed by atoms with Crippen LogP contribution in [0.1, 0.15) is 23.1 Å². The number of piperazine rings is 1. The first-order chi connectivity index (χ1) is 16.6. The molecule has 10 heteroatoms. The van der Waals surface area contributed by atoms with E-state index in [1.807, 2.05) is 37.3 Å². The third kappa shape index (κ3) is 6.24. The Kier molecular flexibility index (Phi) is 7.95. The standard InChI is InChI=1S/C24H30N8O2/c1-3-20-27-23(30-24(29-20)32-13-11-31(12-14-32)15-16-34-2)28-21-17-18(9-10-25-21)22(33)26-19-7-5-4-6-8-19/h4-10,17H,3,11-16H2,1-2H3,(H,26,33)(H,25,27,28,29,30). The second-order valence-electron chi connectivity index (χ2n) is 7.93. The van der Waals surface area contributed by atoms with Crippen LogP contribution in [0.4, 0.5) is 23.4 Å². The largest absolute Gasteiger partial charge is 0.383 e. The molecule has 2 aromatic heterocycles. The van der Waals surface area contributed by atoms with Crippen molar-refractivity contribution in [1.29, 1.82) is 0 Å². The predicted molar refractivity (Wildman–Crippen MR) is 132 cm³/mol. The molecule has 1 aliphatic heterocycles. The Hall–Kier alpha value is -3.63. The first-order valence-electron chi connectivity index (χ1n) is 11.4. The molecule has 1 amide bonds. The molecule has 0 bridgehead atoms. The van der Waals surface area contributed by atoms with Crippen LogP contribution in [0.25, 0.3) is 0 Å². The smallest absolute Gasteiger partial charge is 0.255 e. The summed E-state index contributed by atoms with van der Waals surface area (Å²) in [5.74, 6) is 2.04. The summed E-state index contributed by atoms with van der Waals surface area (Å²) in [6.45, 7) is 7.20. The first-order valence-corrected chi connectivity index (χ1v) is 11.4. The van der Waals surface area contributed by atoms with Crippen LogP contribution in [0.3, 0.4) is 0 Å². The monoisotopic (exact) mass is 462 g/mol. The van der Waals surface area contributed by atoms with E-state index in [1.165, 1.54) is 0 Å². The molecular weight excluding hydrogens is 432 g/mol. The summed E-state index contributed by atoms with van der Waals surface area (Å²) in [6, 6.07) is 12.7. The maximum Gasteiger partial charge on any atom is 0.255 e. The molecule has 0 spiro atoms. The summed E-state index contributed by atoms with van der Waals surface area (Å²) < 4.78 is 5.18. The Morgan fingerprint density at radius 2 is 1.85 bits per heavy atom. The van der Waals surface area contributed by atoms with Gasteiger partial charge >= 0.3 is 0 Å². The van der Waals surface area contributed by atoms with Crippen molar-refractivity contribution in [2.75, 3.05) is 62.0 Å². The van der Waals surface area contributed by atoms with E-state index >= 15 is 0 Å². The van der Waals surface area contributed by atoms with E-state index in [-0.39, 0.29) is 5.91 Å². The first kappa shape index (κ1) is 23.5. The van der Waals surface area contributed by atoms with Crippen molar-refractivity contribution in [3.05, 3.63) is 60.0 Å². The topological polar surface area (TPSA) is 108 Å². The SMILES string of the molecule is CCc1nc(Nc2cc(C(=O)Nc3ccccc3)ccn2)nc(N2CCN(CCOC)CC2)n1. The third-order valence-electron chi connectivity index (χ3n) is 5.55. The molecule has 1 saturated heterocycles. The van der Waals surface area contributed by atoms with Gasteiger partial charge in [0.2, 0.25) is 11.9 Å². The lowest BCUT2D eigenvalue weighted by Gasteiger charge is -2.34. The van der Waals surface area contributed by atoms with Gasteiger partial charge in [0.1, 0.15) is 11.6 Å². The number of benzene rings is 1. The molecule has 4 rings (SSSR count). The Morgan fingerprint density at radius 3 is 2.59 bits per heavy atom. The van der Waals surface area contributed by atoms with Gasteiger partial charge in [0, 0.05) is 63.7 Å². The van der Waals surface area contributed by atoms with Crippen molar-refractivity contribution < 1.29 is 9.53 Å².